The van der Waals surface area contributed by atoms with Gasteiger partial charge in [0.05, 0.1) is 29.2 Å². The standard InChI is InChI=1S/C24H23ClFN3O2/c1-2-30-22-12-16(13-27-14-23-28-20-9-5-6-10-21(20)29-23)11-18(25)24(22)31-15-17-7-3-4-8-19(17)26/h3-12,27H,2,13-15H2,1H3,(H,28,29). The van der Waals surface area contributed by atoms with Crippen molar-refractivity contribution in [2.75, 3.05) is 6.61 Å². The first-order chi connectivity index (χ1) is 15.1. The summed E-state index contributed by atoms with van der Waals surface area (Å²) in [7, 11) is 0. The summed E-state index contributed by atoms with van der Waals surface area (Å²) < 4.78 is 25.4. The fourth-order valence-corrected chi connectivity index (χ4v) is 3.59. The van der Waals surface area contributed by atoms with Crippen LogP contribution in [-0.4, -0.2) is 16.6 Å². The highest BCUT2D eigenvalue weighted by molar-refractivity contribution is 6.32. The minimum absolute atomic E-state index is 0.0656. The molecule has 31 heavy (non-hydrogen) atoms. The summed E-state index contributed by atoms with van der Waals surface area (Å²) in [5.74, 6) is 1.49. The molecule has 160 valence electrons. The lowest BCUT2D eigenvalue weighted by atomic mass is 10.2. The molecular weight excluding hydrogens is 417 g/mol. The molecule has 0 radical (unpaired) electrons. The minimum Gasteiger partial charge on any atom is -0.490 e. The first-order valence-corrected chi connectivity index (χ1v) is 10.5. The van der Waals surface area contributed by atoms with E-state index in [0.717, 1.165) is 22.4 Å². The maximum Gasteiger partial charge on any atom is 0.180 e. The monoisotopic (exact) mass is 439 g/mol. The average molecular weight is 440 g/mol. The molecule has 0 aliphatic carbocycles. The molecule has 0 spiro atoms. The predicted octanol–water partition coefficient (Wildman–Crippen LogP) is 5.62. The van der Waals surface area contributed by atoms with Gasteiger partial charge in [0.15, 0.2) is 11.5 Å². The molecule has 0 atom stereocenters. The largest absolute Gasteiger partial charge is 0.490 e. The summed E-state index contributed by atoms with van der Waals surface area (Å²) in [5.41, 5.74) is 3.36. The number of ether oxygens (including phenoxy) is 2. The van der Waals surface area contributed by atoms with E-state index in [2.05, 4.69) is 15.3 Å². The predicted molar refractivity (Wildman–Crippen MR) is 120 cm³/mol. The summed E-state index contributed by atoms with van der Waals surface area (Å²) in [5, 5.41) is 3.78. The smallest absolute Gasteiger partial charge is 0.180 e. The van der Waals surface area contributed by atoms with Crippen LogP contribution < -0.4 is 14.8 Å². The van der Waals surface area contributed by atoms with Gasteiger partial charge in [0.1, 0.15) is 18.2 Å². The molecular formula is C24H23ClFN3O2. The summed E-state index contributed by atoms with van der Waals surface area (Å²) in [6.07, 6.45) is 0. The Bertz CT molecular complexity index is 1150. The van der Waals surface area contributed by atoms with Crippen LogP contribution in [0.15, 0.2) is 60.7 Å². The Balaban J connectivity index is 1.43. The molecule has 0 amide bonds. The van der Waals surface area contributed by atoms with Crippen LogP contribution >= 0.6 is 11.6 Å². The quantitative estimate of drug-likeness (QED) is 0.355. The molecule has 1 aromatic heterocycles. The van der Waals surface area contributed by atoms with Gasteiger partial charge in [0.25, 0.3) is 0 Å². The second kappa shape index (κ2) is 9.81. The Hall–Kier alpha value is -3.09. The normalized spacial score (nSPS) is 11.1. The molecule has 0 saturated heterocycles. The minimum atomic E-state index is -0.317. The summed E-state index contributed by atoms with van der Waals surface area (Å²) >= 11 is 6.48. The Morgan fingerprint density at radius 1 is 1.03 bits per heavy atom. The molecule has 0 unspecified atom stereocenters. The van der Waals surface area contributed by atoms with E-state index in [4.69, 9.17) is 21.1 Å². The second-order valence-electron chi connectivity index (χ2n) is 7.02. The third kappa shape index (κ3) is 5.16. The van der Waals surface area contributed by atoms with Crippen LogP contribution in [0.1, 0.15) is 23.9 Å². The molecule has 3 aromatic carbocycles. The maximum atomic E-state index is 13.9. The number of benzene rings is 3. The van der Waals surface area contributed by atoms with Crippen molar-refractivity contribution in [1.29, 1.82) is 0 Å². The number of aromatic amines is 1. The van der Waals surface area contributed by atoms with Gasteiger partial charge >= 0.3 is 0 Å². The summed E-state index contributed by atoms with van der Waals surface area (Å²) in [6, 6.07) is 18.1. The van der Waals surface area contributed by atoms with E-state index in [0.29, 0.717) is 41.8 Å². The number of hydrogen-bond donors (Lipinski definition) is 2. The molecule has 0 fully saturated rings. The zero-order valence-corrected chi connectivity index (χ0v) is 17.9. The Morgan fingerprint density at radius 3 is 2.65 bits per heavy atom. The number of hydrogen-bond acceptors (Lipinski definition) is 4. The third-order valence-corrected chi connectivity index (χ3v) is 5.04. The lowest BCUT2D eigenvalue weighted by molar-refractivity contribution is 0.266. The van der Waals surface area contributed by atoms with E-state index >= 15 is 0 Å². The van der Waals surface area contributed by atoms with Gasteiger partial charge in [-0.3, -0.25) is 0 Å². The van der Waals surface area contributed by atoms with Gasteiger partial charge in [-0.25, -0.2) is 9.37 Å². The first kappa shape index (κ1) is 21.2. The van der Waals surface area contributed by atoms with Crippen LogP contribution in [0.25, 0.3) is 11.0 Å². The fraction of sp³-hybridized carbons (Fsp3) is 0.208. The van der Waals surface area contributed by atoms with Crippen molar-refractivity contribution in [2.45, 2.75) is 26.6 Å². The van der Waals surface area contributed by atoms with Gasteiger partial charge in [-0.15, -0.1) is 0 Å². The van der Waals surface area contributed by atoms with Crippen LogP contribution in [0.4, 0.5) is 4.39 Å². The molecule has 0 aliphatic rings. The highest BCUT2D eigenvalue weighted by atomic mass is 35.5. The molecule has 0 aliphatic heterocycles. The molecule has 5 nitrogen and oxygen atoms in total. The van der Waals surface area contributed by atoms with Crippen molar-refractivity contribution in [1.82, 2.24) is 15.3 Å². The van der Waals surface area contributed by atoms with Gasteiger partial charge in [0.2, 0.25) is 0 Å². The number of nitrogens with one attached hydrogen (secondary N) is 2. The third-order valence-electron chi connectivity index (χ3n) is 4.76. The van der Waals surface area contributed by atoms with Gasteiger partial charge in [0, 0.05) is 12.1 Å². The zero-order chi connectivity index (χ0) is 21.6. The van der Waals surface area contributed by atoms with Crippen molar-refractivity contribution in [3.63, 3.8) is 0 Å². The number of rotatable bonds is 9. The Morgan fingerprint density at radius 2 is 1.84 bits per heavy atom. The first-order valence-electron chi connectivity index (χ1n) is 10.1. The number of halogens is 2. The maximum absolute atomic E-state index is 13.9. The van der Waals surface area contributed by atoms with E-state index in [1.165, 1.54) is 6.07 Å². The molecule has 2 N–H and O–H groups in total. The lowest BCUT2D eigenvalue weighted by Gasteiger charge is -2.16. The average Bonchev–Trinajstić information content (AvgIpc) is 3.17. The van der Waals surface area contributed by atoms with E-state index in [1.807, 2.05) is 43.3 Å². The zero-order valence-electron chi connectivity index (χ0n) is 17.1. The fourth-order valence-electron chi connectivity index (χ4n) is 3.31. The van der Waals surface area contributed by atoms with E-state index < -0.39 is 0 Å². The molecule has 1 heterocycles. The van der Waals surface area contributed by atoms with E-state index in [1.54, 1.807) is 18.2 Å². The number of nitrogens with zero attached hydrogens (tertiary/aromatic N) is 1. The topological polar surface area (TPSA) is 59.2 Å². The van der Waals surface area contributed by atoms with Gasteiger partial charge in [-0.05, 0) is 42.8 Å². The van der Waals surface area contributed by atoms with Crippen molar-refractivity contribution in [3.05, 3.63) is 88.5 Å². The van der Waals surface area contributed by atoms with Crippen molar-refractivity contribution < 1.29 is 13.9 Å². The number of aromatic nitrogens is 2. The number of H-pyrrole nitrogens is 1. The molecule has 0 saturated carbocycles. The number of fused-ring (bicyclic) bond motifs is 1. The van der Waals surface area contributed by atoms with Crippen molar-refractivity contribution in [2.24, 2.45) is 0 Å². The van der Waals surface area contributed by atoms with Gasteiger partial charge < -0.3 is 19.8 Å². The van der Waals surface area contributed by atoms with Crippen LogP contribution in [0.3, 0.4) is 0 Å². The summed E-state index contributed by atoms with van der Waals surface area (Å²) in [4.78, 5) is 7.86. The lowest BCUT2D eigenvalue weighted by Crippen LogP contribution is -2.14. The SMILES string of the molecule is CCOc1cc(CNCc2nc3ccccc3[nH]2)cc(Cl)c1OCc1ccccc1F. The molecule has 4 aromatic rings. The molecule has 7 heteroatoms. The van der Waals surface area contributed by atoms with E-state index in [-0.39, 0.29) is 12.4 Å². The molecule has 0 bridgehead atoms. The van der Waals surface area contributed by atoms with Crippen molar-refractivity contribution >= 4 is 22.6 Å². The Labute approximate surface area is 185 Å². The highest BCUT2D eigenvalue weighted by Gasteiger charge is 2.14. The highest BCUT2D eigenvalue weighted by Crippen LogP contribution is 2.37. The number of imidazole rings is 1. The Kier molecular flexibility index (Phi) is 6.70. The van der Waals surface area contributed by atoms with Crippen LogP contribution in [-0.2, 0) is 19.7 Å². The van der Waals surface area contributed by atoms with E-state index in [9.17, 15) is 4.39 Å². The van der Waals surface area contributed by atoms with Crippen LogP contribution in [0.5, 0.6) is 11.5 Å². The van der Waals surface area contributed by atoms with Gasteiger partial charge in [-0.2, -0.15) is 0 Å². The summed E-state index contributed by atoms with van der Waals surface area (Å²) in [6.45, 7) is 3.58. The number of para-hydroxylation sites is 2. The van der Waals surface area contributed by atoms with Crippen LogP contribution in [0.2, 0.25) is 5.02 Å². The molecule has 4 rings (SSSR count). The van der Waals surface area contributed by atoms with Gasteiger partial charge in [-0.1, -0.05) is 41.9 Å². The van der Waals surface area contributed by atoms with Crippen molar-refractivity contribution in [3.8, 4) is 11.5 Å². The second-order valence-corrected chi connectivity index (χ2v) is 7.43. The van der Waals surface area contributed by atoms with Crippen LogP contribution in [0, 0.1) is 5.82 Å².